The minimum atomic E-state index is -0.424. The standard InChI is InChI=1S/C24H21N5O3S2.ClH/c1-15-10-16(2)22-19(11-15)26-24(34-22)28(8-3-7-27-9-6-25-14-27)23(30)21-13-17-12-18(29(31)32)4-5-20(17)33-21;/h4-6,9-14H,3,7-8H2,1-2H3;1H. The van der Waals surface area contributed by atoms with E-state index in [1.165, 1.54) is 34.8 Å². The third-order valence-electron chi connectivity index (χ3n) is 5.56. The van der Waals surface area contributed by atoms with E-state index in [1.54, 1.807) is 29.6 Å². The number of non-ortho nitro benzene ring substituents is 1. The van der Waals surface area contributed by atoms with E-state index in [-0.39, 0.29) is 24.0 Å². The first-order valence-corrected chi connectivity index (χ1v) is 12.4. The van der Waals surface area contributed by atoms with Crippen LogP contribution >= 0.6 is 35.1 Å². The minimum Gasteiger partial charge on any atom is -0.337 e. The van der Waals surface area contributed by atoms with Crippen molar-refractivity contribution in [2.45, 2.75) is 26.8 Å². The zero-order chi connectivity index (χ0) is 23.8. The number of hydrogen-bond acceptors (Lipinski definition) is 7. The lowest BCUT2D eigenvalue weighted by Gasteiger charge is -2.19. The molecule has 0 bridgehead atoms. The zero-order valence-corrected chi connectivity index (χ0v) is 21.5. The largest absolute Gasteiger partial charge is 0.337 e. The Morgan fingerprint density at radius 1 is 1.17 bits per heavy atom. The molecule has 3 heterocycles. The Labute approximate surface area is 215 Å². The molecule has 0 saturated heterocycles. The average molecular weight is 528 g/mol. The Balaban J connectivity index is 0.00000289. The van der Waals surface area contributed by atoms with Crippen molar-refractivity contribution in [3.63, 3.8) is 0 Å². The molecule has 5 aromatic rings. The molecule has 8 nitrogen and oxygen atoms in total. The van der Waals surface area contributed by atoms with E-state index in [2.05, 4.69) is 18.0 Å². The van der Waals surface area contributed by atoms with Gasteiger partial charge in [0.25, 0.3) is 11.6 Å². The van der Waals surface area contributed by atoms with E-state index in [0.29, 0.717) is 21.9 Å². The van der Waals surface area contributed by atoms with Crippen LogP contribution in [0.5, 0.6) is 0 Å². The maximum Gasteiger partial charge on any atom is 0.270 e. The number of aromatic nitrogens is 3. The monoisotopic (exact) mass is 527 g/mol. The molecule has 0 N–H and O–H groups in total. The molecule has 35 heavy (non-hydrogen) atoms. The van der Waals surface area contributed by atoms with Gasteiger partial charge in [-0.1, -0.05) is 17.4 Å². The topological polar surface area (TPSA) is 94.2 Å². The second kappa shape index (κ2) is 10.1. The minimum absolute atomic E-state index is 0. The van der Waals surface area contributed by atoms with Crippen LogP contribution in [-0.4, -0.2) is 31.9 Å². The summed E-state index contributed by atoms with van der Waals surface area (Å²) in [5.74, 6) is -0.150. The highest BCUT2D eigenvalue weighted by Gasteiger charge is 2.24. The highest BCUT2D eigenvalue weighted by Crippen LogP contribution is 2.35. The zero-order valence-electron chi connectivity index (χ0n) is 19.0. The number of benzene rings is 2. The van der Waals surface area contributed by atoms with E-state index < -0.39 is 4.92 Å². The van der Waals surface area contributed by atoms with Crippen LogP contribution in [0.1, 0.15) is 27.2 Å². The molecule has 5 rings (SSSR count). The summed E-state index contributed by atoms with van der Waals surface area (Å²) in [6.45, 7) is 5.31. The molecule has 0 spiro atoms. The molecule has 0 aliphatic carbocycles. The molecule has 0 aliphatic heterocycles. The quantitative estimate of drug-likeness (QED) is 0.180. The van der Waals surface area contributed by atoms with Gasteiger partial charge in [-0.25, -0.2) is 9.97 Å². The average Bonchev–Trinajstić information content (AvgIpc) is 3.54. The van der Waals surface area contributed by atoms with Gasteiger partial charge in [0.05, 0.1) is 26.3 Å². The third kappa shape index (κ3) is 5.04. The number of hydrogen-bond donors (Lipinski definition) is 0. The fourth-order valence-corrected chi connectivity index (χ4v) is 6.01. The van der Waals surface area contributed by atoms with Gasteiger partial charge in [0.2, 0.25) is 0 Å². The summed E-state index contributed by atoms with van der Waals surface area (Å²) in [6, 6.07) is 10.6. The van der Waals surface area contributed by atoms with Gasteiger partial charge in [-0.2, -0.15) is 0 Å². The van der Waals surface area contributed by atoms with Gasteiger partial charge >= 0.3 is 0 Å². The van der Waals surface area contributed by atoms with Crippen LogP contribution < -0.4 is 4.90 Å². The molecule has 3 aromatic heterocycles. The van der Waals surface area contributed by atoms with Crippen LogP contribution in [0.3, 0.4) is 0 Å². The number of halogens is 1. The Morgan fingerprint density at radius 2 is 2.00 bits per heavy atom. The number of nitro benzene ring substituents is 1. The fraction of sp³-hybridized carbons (Fsp3) is 0.208. The van der Waals surface area contributed by atoms with Crippen LogP contribution in [0.4, 0.5) is 10.8 Å². The summed E-state index contributed by atoms with van der Waals surface area (Å²) in [5, 5.41) is 12.5. The predicted molar refractivity (Wildman–Crippen MR) is 143 cm³/mol. The molecule has 180 valence electrons. The van der Waals surface area contributed by atoms with Gasteiger partial charge in [0.1, 0.15) is 0 Å². The first-order chi connectivity index (χ1) is 16.4. The molecule has 1 amide bonds. The van der Waals surface area contributed by atoms with Crippen molar-refractivity contribution in [3.05, 3.63) is 81.2 Å². The second-order valence-electron chi connectivity index (χ2n) is 8.13. The Bertz CT molecular complexity index is 1530. The number of nitrogens with zero attached hydrogens (tertiary/aromatic N) is 5. The second-order valence-corrected chi connectivity index (χ2v) is 10.2. The van der Waals surface area contributed by atoms with Gasteiger partial charge < -0.3 is 4.57 Å². The van der Waals surface area contributed by atoms with Crippen molar-refractivity contribution >= 4 is 72.1 Å². The smallest absolute Gasteiger partial charge is 0.270 e. The van der Waals surface area contributed by atoms with E-state index in [9.17, 15) is 14.9 Å². The first-order valence-electron chi connectivity index (χ1n) is 10.7. The highest BCUT2D eigenvalue weighted by molar-refractivity contribution is 7.23. The summed E-state index contributed by atoms with van der Waals surface area (Å²) in [5.41, 5.74) is 3.17. The first kappa shape index (κ1) is 24.8. The van der Waals surface area contributed by atoms with E-state index in [1.807, 2.05) is 23.8 Å². The third-order valence-corrected chi connectivity index (χ3v) is 7.90. The lowest BCUT2D eigenvalue weighted by Crippen LogP contribution is -2.31. The number of thiazole rings is 1. The van der Waals surface area contributed by atoms with Crippen LogP contribution in [0.2, 0.25) is 0 Å². The van der Waals surface area contributed by atoms with Gasteiger partial charge in [0, 0.05) is 47.7 Å². The van der Waals surface area contributed by atoms with Gasteiger partial charge in [-0.3, -0.25) is 19.8 Å². The molecule has 0 radical (unpaired) electrons. The molecule has 0 aliphatic rings. The molecule has 0 saturated carbocycles. The van der Waals surface area contributed by atoms with Gasteiger partial charge in [0.15, 0.2) is 5.13 Å². The molecule has 11 heteroatoms. The molecule has 2 aromatic carbocycles. The summed E-state index contributed by atoms with van der Waals surface area (Å²) < 4.78 is 3.88. The van der Waals surface area contributed by atoms with Crippen molar-refractivity contribution in [2.24, 2.45) is 0 Å². The number of fused-ring (bicyclic) bond motifs is 2. The van der Waals surface area contributed by atoms with E-state index >= 15 is 0 Å². The Kier molecular flexibility index (Phi) is 7.15. The summed E-state index contributed by atoms with van der Waals surface area (Å²) in [7, 11) is 0. The summed E-state index contributed by atoms with van der Waals surface area (Å²) >= 11 is 2.86. The maximum atomic E-state index is 13.7. The van der Waals surface area contributed by atoms with Crippen LogP contribution in [0.25, 0.3) is 20.3 Å². The lowest BCUT2D eigenvalue weighted by atomic mass is 10.1. The predicted octanol–water partition coefficient (Wildman–Crippen LogP) is 6.39. The normalized spacial score (nSPS) is 11.0. The number of imidazole rings is 1. The van der Waals surface area contributed by atoms with Crippen LogP contribution in [0, 0.1) is 24.0 Å². The maximum absolute atomic E-state index is 13.7. The van der Waals surface area contributed by atoms with E-state index in [0.717, 1.165) is 39.0 Å². The molecular formula is C24H22ClN5O3S2. The van der Waals surface area contributed by atoms with Crippen molar-refractivity contribution in [3.8, 4) is 0 Å². The lowest BCUT2D eigenvalue weighted by molar-refractivity contribution is -0.384. The highest BCUT2D eigenvalue weighted by atomic mass is 35.5. The van der Waals surface area contributed by atoms with Crippen molar-refractivity contribution in [2.75, 3.05) is 11.4 Å². The van der Waals surface area contributed by atoms with Crippen molar-refractivity contribution < 1.29 is 9.72 Å². The van der Waals surface area contributed by atoms with Crippen LogP contribution in [0.15, 0.2) is 55.1 Å². The number of rotatable bonds is 7. The number of thiophene rings is 1. The van der Waals surface area contributed by atoms with Crippen molar-refractivity contribution in [1.29, 1.82) is 0 Å². The van der Waals surface area contributed by atoms with Gasteiger partial charge in [-0.15, -0.1) is 23.7 Å². The Morgan fingerprint density at radius 3 is 2.74 bits per heavy atom. The van der Waals surface area contributed by atoms with Gasteiger partial charge in [-0.05, 0) is 49.6 Å². The number of carbonyl (C=O) groups is 1. The van der Waals surface area contributed by atoms with Crippen molar-refractivity contribution in [1.82, 2.24) is 14.5 Å². The summed E-state index contributed by atoms with van der Waals surface area (Å²) in [4.78, 5) is 35.6. The molecule has 0 fully saturated rings. The van der Waals surface area contributed by atoms with Crippen LogP contribution in [-0.2, 0) is 6.54 Å². The molecule has 0 atom stereocenters. The molecule has 0 unspecified atom stereocenters. The summed E-state index contributed by atoms with van der Waals surface area (Å²) in [6.07, 6.45) is 6.12. The number of anilines is 1. The number of aryl methyl sites for hydroxylation is 3. The fourth-order valence-electron chi connectivity index (χ4n) is 3.98. The Hall–Kier alpha value is -3.34. The SMILES string of the molecule is Cc1cc(C)c2sc(N(CCCn3ccnc3)C(=O)c3cc4cc([N+](=O)[O-])ccc4s3)nc2c1.Cl. The van der Waals surface area contributed by atoms with E-state index in [4.69, 9.17) is 4.98 Å². The number of nitro groups is 1. The number of carbonyl (C=O) groups excluding carboxylic acids is 1. The molecular weight excluding hydrogens is 506 g/mol. The number of amides is 1.